The molecule has 2 N–H and O–H groups in total. The lowest BCUT2D eigenvalue weighted by Crippen LogP contribution is -1.95. The van der Waals surface area contributed by atoms with E-state index in [0.717, 1.165) is 12.8 Å². The van der Waals surface area contributed by atoms with Crippen LogP contribution in [0.5, 0.6) is 0 Å². The third kappa shape index (κ3) is 2.67. The van der Waals surface area contributed by atoms with Crippen LogP contribution < -0.4 is 5.73 Å². The minimum absolute atomic E-state index is 0.635. The van der Waals surface area contributed by atoms with Gasteiger partial charge in [0.25, 0.3) is 0 Å². The van der Waals surface area contributed by atoms with Crippen LogP contribution in [0.4, 0.5) is 0 Å². The van der Waals surface area contributed by atoms with E-state index in [-0.39, 0.29) is 0 Å². The smallest absolute Gasteiger partial charge is 0.0178 e. The molecule has 0 spiro atoms. The SMILES string of the molecule is [CH2]CCCc1ccc(CN)cc1. The molecule has 1 heteroatoms. The lowest BCUT2D eigenvalue weighted by Gasteiger charge is -2.00. The Morgan fingerprint density at radius 3 is 2.17 bits per heavy atom. The summed E-state index contributed by atoms with van der Waals surface area (Å²) in [5.41, 5.74) is 8.08. The maximum atomic E-state index is 5.49. The van der Waals surface area contributed by atoms with E-state index >= 15 is 0 Å². The van der Waals surface area contributed by atoms with Crippen LogP contribution in [0.3, 0.4) is 0 Å². The van der Waals surface area contributed by atoms with E-state index in [2.05, 4.69) is 31.2 Å². The Labute approximate surface area is 74.6 Å². The van der Waals surface area contributed by atoms with Crippen LogP contribution in [-0.4, -0.2) is 0 Å². The van der Waals surface area contributed by atoms with Crippen LogP contribution >= 0.6 is 0 Å². The van der Waals surface area contributed by atoms with Gasteiger partial charge in [0.2, 0.25) is 0 Å². The second-order valence-electron chi connectivity index (χ2n) is 2.98. The highest BCUT2D eigenvalue weighted by Gasteiger charge is 1.92. The molecule has 0 aromatic heterocycles. The fourth-order valence-corrected chi connectivity index (χ4v) is 1.17. The molecular weight excluding hydrogens is 146 g/mol. The molecule has 0 aliphatic heterocycles. The fraction of sp³-hybridized carbons (Fsp3) is 0.364. The first kappa shape index (κ1) is 9.27. The molecule has 0 amide bonds. The van der Waals surface area contributed by atoms with Crippen molar-refractivity contribution in [1.82, 2.24) is 0 Å². The largest absolute Gasteiger partial charge is 0.326 e. The Morgan fingerprint density at radius 2 is 1.67 bits per heavy atom. The Balaban J connectivity index is 2.53. The highest BCUT2D eigenvalue weighted by atomic mass is 14.5. The molecule has 1 aromatic rings. The molecule has 12 heavy (non-hydrogen) atoms. The molecule has 0 aliphatic rings. The first-order valence-corrected chi connectivity index (χ1v) is 4.44. The van der Waals surface area contributed by atoms with E-state index in [1.165, 1.54) is 17.5 Å². The predicted octanol–water partition coefficient (Wildman–Crippen LogP) is 2.30. The van der Waals surface area contributed by atoms with Gasteiger partial charge in [-0.15, -0.1) is 0 Å². The van der Waals surface area contributed by atoms with Crippen LogP contribution in [0.25, 0.3) is 0 Å². The monoisotopic (exact) mass is 162 g/mol. The normalized spacial score (nSPS) is 10.2. The molecule has 65 valence electrons. The van der Waals surface area contributed by atoms with Crippen molar-refractivity contribution in [2.24, 2.45) is 5.73 Å². The Bertz CT molecular complexity index is 213. The van der Waals surface area contributed by atoms with E-state index in [0.29, 0.717) is 6.54 Å². The van der Waals surface area contributed by atoms with E-state index in [1.807, 2.05) is 0 Å². The second-order valence-corrected chi connectivity index (χ2v) is 2.98. The molecule has 0 bridgehead atoms. The number of nitrogens with two attached hydrogens (primary N) is 1. The maximum absolute atomic E-state index is 5.49. The summed E-state index contributed by atoms with van der Waals surface area (Å²) in [6.07, 6.45) is 3.31. The van der Waals surface area contributed by atoms with E-state index in [4.69, 9.17) is 5.73 Å². The Hall–Kier alpha value is -0.820. The van der Waals surface area contributed by atoms with E-state index in [1.54, 1.807) is 0 Å². The lowest BCUT2D eigenvalue weighted by molar-refractivity contribution is 0.840. The van der Waals surface area contributed by atoms with Gasteiger partial charge in [-0.3, -0.25) is 0 Å². The molecule has 1 aromatic carbocycles. The fourth-order valence-electron chi connectivity index (χ4n) is 1.17. The van der Waals surface area contributed by atoms with Crippen LogP contribution in [0.2, 0.25) is 0 Å². The van der Waals surface area contributed by atoms with Gasteiger partial charge in [-0.2, -0.15) is 0 Å². The van der Waals surface area contributed by atoms with Crippen LogP contribution in [0, 0.1) is 6.92 Å². The van der Waals surface area contributed by atoms with Gasteiger partial charge in [-0.1, -0.05) is 37.6 Å². The minimum atomic E-state index is 0.635. The van der Waals surface area contributed by atoms with Crippen LogP contribution in [0.1, 0.15) is 24.0 Å². The first-order chi connectivity index (χ1) is 5.86. The van der Waals surface area contributed by atoms with E-state index < -0.39 is 0 Å². The molecule has 1 nitrogen and oxygen atoms in total. The van der Waals surface area contributed by atoms with E-state index in [9.17, 15) is 0 Å². The summed E-state index contributed by atoms with van der Waals surface area (Å²) in [6, 6.07) is 8.49. The predicted molar refractivity (Wildman–Crippen MR) is 52.6 cm³/mol. The van der Waals surface area contributed by atoms with Crippen molar-refractivity contribution in [3.63, 3.8) is 0 Å². The summed E-state index contributed by atoms with van der Waals surface area (Å²) in [5, 5.41) is 0. The van der Waals surface area contributed by atoms with Gasteiger partial charge in [-0.25, -0.2) is 0 Å². The third-order valence-electron chi connectivity index (χ3n) is 1.97. The van der Waals surface area contributed by atoms with Crippen molar-refractivity contribution in [2.45, 2.75) is 25.8 Å². The summed E-state index contributed by atoms with van der Waals surface area (Å²) in [6.45, 7) is 4.45. The number of benzene rings is 1. The number of hydrogen-bond acceptors (Lipinski definition) is 1. The molecule has 0 saturated carbocycles. The highest BCUT2D eigenvalue weighted by molar-refractivity contribution is 5.22. The van der Waals surface area contributed by atoms with Gasteiger partial charge < -0.3 is 5.73 Å². The molecule has 1 radical (unpaired) electrons. The van der Waals surface area contributed by atoms with Crippen molar-refractivity contribution in [3.05, 3.63) is 42.3 Å². The average molecular weight is 162 g/mol. The molecule has 0 atom stereocenters. The summed E-state index contributed by atoms with van der Waals surface area (Å²) in [7, 11) is 0. The lowest BCUT2D eigenvalue weighted by atomic mass is 10.1. The molecule has 1 rings (SSSR count). The molecular formula is C11H16N. The molecule has 0 heterocycles. The summed E-state index contributed by atoms with van der Waals surface area (Å²) in [5.74, 6) is 0. The van der Waals surface area contributed by atoms with Crippen molar-refractivity contribution >= 4 is 0 Å². The standard InChI is InChI=1S/C11H16N/c1-2-3-4-10-5-7-11(9-12)8-6-10/h5-8H,1-4,9,12H2. The Morgan fingerprint density at radius 1 is 1.08 bits per heavy atom. The average Bonchev–Trinajstić information content (AvgIpc) is 2.15. The quantitative estimate of drug-likeness (QED) is 0.722. The Kier molecular flexibility index (Phi) is 3.81. The first-order valence-electron chi connectivity index (χ1n) is 4.44. The summed E-state index contributed by atoms with van der Waals surface area (Å²) < 4.78 is 0. The molecule has 0 saturated heterocycles. The van der Waals surface area contributed by atoms with Gasteiger partial charge in [0.1, 0.15) is 0 Å². The van der Waals surface area contributed by atoms with Crippen LogP contribution in [-0.2, 0) is 13.0 Å². The number of aryl methyl sites for hydroxylation is 1. The second kappa shape index (κ2) is 4.94. The van der Waals surface area contributed by atoms with Gasteiger partial charge in [-0.05, 0) is 24.0 Å². The summed E-state index contributed by atoms with van der Waals surface area (Å²) >= 11 is 0. The zero-order valence-corrected chi connectivity index (χ0v) is 7.42. The van der Waals surface area contributed by atoms with Crippen molar-refractivity contribution in [1.29, 1.82) is 0 Å². The zero-order chi connectivity index (χ0) is 8.81. The van der Waals surface area contributed by atoms with Gasteiger partial charge >= 0.3 is 0 Å². The van der Waals surface area contributed by atoms with Gasteiger partial charge in [0.05, 0.1) is 0 Å². The molecule has 0 aliphatic carbocycles. The number of hydrogen-bond donors (Lipinski definition) is 1. The van der Waals surface area contributed by atoms with Crippen LogP contribution in [0.15, 0.2) is 24.3 Å². The third-order valence-corrected chi connectivity index (χ3v) is 1.97. The molecule has 0 fully saturated rings. The minimum Gasteiger partial charge on any atom is -0.326 e. The van der Waals surface area contributed by atoms with Crippen molar-refractivity contribution in [2.75, 3.05) is 0 Å². The zero-order valence-electron chi connectivity index (χ0n) is 7.42. The van der Waals surface area contributed by atoms with Gasteiger partial charge in [0, 0.05) is 6.54 Å². The molecule has 0 unspecified atom stereocenters. The van der Waals surface area contributed by atoms with Gasteiger partial charge in [0.15, 0.2) is 0 Å². The van der Waals surface area contributed by atoms with Crippen molar-refractivity contribution < 1.29 is 0 Å². The maximum Gasteiger partial charge on any atom is 0.0178 e. The number of unbranched alkanes of at least 4 members (excludes halogenated alkanes) is 1. The highest BCUT2D eigenvalue weighted by Crippen LogP contribution is 2.06. The topological polar surface area (TPSA) is 26.0 Å². The summed E-state index contributed by atoms with van der Waals surface area (Å²) in [4.78, 5) is 0. The number of rotatable bonds is 4. The van der Waals surface area contributed by atoms with Crippen molar-refractivity contribution in [3.8, 4) is 0 Å².